The number of rotatable bonds is 4. The van der Waals surface area contributed by atoms with Gasteiger partial charge in [-0.15, -0.1) is 0 Å². The Labute approximate surface area is 120 Å². The van der Waals surface area contributed by atoms with Crippen molar-refractivity contribution in [3.05, 3.63) is 50.8 Å². The molecule has 0 bridgehead atoms. The van der Waals surface area contributed by atoms with Crippen LogP contribution in [0.1, 0.15) is 16.3 Å². The molecule has 0 unspecified atom stereocenters. The SMILES string of the molecule is O=C(O)c1ccc(COc2c(Br)cccc2Br)o1. The third-order valence-electron chi connectivity index (χ3n) is 2.15. The van der Waals surface area contributed by atoms with Gasteiger partial charge in [0, 0.05) is 0 Å². The predicted octanol–water partition coefficient (Wildman–Crippen LogP) is 4.08. The standard InChI is InChI=1S/C12H8Br2O4/c13-8-2-1-3-9(14)11(8)17-6-7-4-5-10(18-7)12(15)16/h1-5H,6H2,(H,15,16). The number of ether oxygens (including phenoxy) is 1. The zero-order chi connectivity index (χ0) is 13.1. The molecule has 0 radical (unpaired) electrons. The number of carbonyl (C=O) groups is 1. The first-order valence-corrected chi connectivity index (χ1v) is 6.55. The molecule has 0 aliphatic heterocycles. The van der Waals surface area contributed by atoms with Crippen molar-refractivity contribution in [3.8, 4) is 5.75 Å². The molecular formula is C12H8Br2O4. The lowest BCUT2D eigenvalue weighted by Gasteiger charge is -2.08. The summed E-state index contributed by atoms with van der Waals surface area (Å²) in [7, 11) is 0. The van der Waals surface area contributed by atoms with Crippen LogP contribution < -0.4 is 4.74 Å². The molecule has 0 saturated heterocycles. The lowest BCUT2D eigenvalue weighted by atomic mass is 10.3. The summed E-state index contributed by atoms with van der Waals surface area (Å²) in [5.74, 6) is -0.0936. The van der Waals surface area contributed by atoms with Crippen molar-refractivity contribution in [2.45, 2.75) is 6.61 Å². The van der Waals surface area contributed by atoms with Crippen LogP contribution in [0.3, 0.4) is 0 Å². The summed E-state index contributed by atoms with van der Waals surface area (Å²) in [6, 6.07) is 8.55. The minimum atomic E-state index is -1.09. The van der Waals surface area contributed by atoms with Gasteiger partial charge in [0.05, 0.1) is 8.95 Å². The van der Waals surface area contributed by atoms with Gasteiger partial charge in [-0.05, 0) is 56.1 Å². The van der Waals surface area contributed by atoms with Gasteiger partial charge in [0.1, 0.15) is 18.1 Å². The Balaban J connectivity index is 2.09. The molecule has 0 amide bonds. The highest BCUT2D eigenvalue weighted by Crippen LogP contribution is 2.33. The first-order valence-electron chi connectivity index (χ1n) is 4.96. The Bertz CT molecular complexity index is 557. The topological polar surface area (TPSA) is 59.7 Å². The average Bonchev–Trinajstić information content (AvgIpc) is 2.77. The molecule has 0 aliphatic carbocycles. The fraction of sp³-hybridized carbons (Fsp3) is 0.0833. The Morgan fingerprint density at radius 1 is 1.22 bits per heavy atom. The van der Waals surface area contributed by atoms with Gasteiger partial charge in [0.15, 0.2) is 0 Å². The van der Waals surface area contributed by atoms with Gasteiger partial charge in [-0.1, -0.05) is 6.07 Å². The monoisotopic (exact) mass is 374 g/mol. The van der Waals surface area contributed by atoms with Gasteiger partial charge in [0.2, 0.25) is 5.76 Å². The van der Waals surface area contributed by atoms with Crippen LogP contribution in [-0.2, 0) is 6.61 Å². The maximum atomic E-state index is 10.6. The van der Waals surface area contributed by atoms with Crippen LogP contribution in [0, 0.1) is 0 Å². The molecule has 1 heterocycles. The van der Waals surface area contributed by atoms with Crippen LogP contribution >= 0.6 is 31.9 Å². The van der Waals surface area contributed by atoms with E-state index in [-0.39, 0.29) is 12.4 Å². The molecule has 0 spiro atoms. The first-order chi connectivity index (χ1) is 8.58. The minimum absolute atomic E-state index is 0.0974. The van der Waals surface area contributed by atoms with Crippen molar-refractivity contribution in [1.29, 1.82) is 0 Å². The molecule has 18 heavy (non-hydrogen) atoms. The molecule has 0 saturated carbocycles. The predicted molar refractivity (Wildman–Crippen MR) is 71.8 cm³/mol. The van der Waals surface area contributed by atoms with E-state index in [1.165, 1.54) is 6.07 Å². The normalized spacial score (nSPS) is 10.3. The summed E-state index contributed by atoms with van der Waals surface area (Å²) in [6.07, 6.45) is 0. The highest BCUT2D eigenvalue weighted by Gasteiger charge is 2.11. The number of furan rings is 1. The van der Waals surface area contributed by atoms with Crippen LogP contribution in [0.5, 0.6) is 5.75 Å². The average molecular weight is 376 g/mol. The first kappa shape index (κ1) is 13.2. The van der Waals surface area contributed by atoms with E-state index < -0.39 is 5.97 Å². The van der Waals surface area contributed by atoms with Crippen LogP contribution in [0.15, 0.2) is 43.7 Å². The molecule has 2 rings (SSSR count). The summed E-state index contributed by atoms with van der Waals surface area (Å²) >= 11 is 6.74. The number of hydrogen-bond donors (Lipinski definition) is 1. The number of halogens is 2. The van der Waals surface area contributed by atoms with Gasteiger partial charge in [-0.25, -0.2) is 4.79 Å². The van der Waals surface area contributed by atoms with E-state index in [1.54, 1.807) is 6.07 Å². The molecule has 1 aromatic heterocycles. The van der Waals surface area contributed by atoms with Gasteiger partial charge in [0.25, 0.3) is 0 Å². The number of para-hydroxylation sites is 1. The summed E-state index contributed by atoms with van der Waals surface area (Å²) < 4.78 is 12.3. The number of aromatic carboxylic acids is 1. The van der Waals surface area contributed by atoms with Crippen LogP contribution in [0.25, 0.3) is 0 Å². The van der Waals surface area contributed by atoms with E-state index in [0.29, 0.717) is 11.5 Å². The van der Waals surface area contributed by atoms with E-state index >= 15 is 0 Å². The Hall–Kier alpha value is -1.27. The number of carboxylic acids is 1. The Kier molecular flexibility index (Phi) is 4.08. The van der Waals surface area contributed by atoms with Crippen LogP contribution in [0.2, 0.25) is 0 Å². The lowest BCUT2D eigenvalue weighted by Crippen LogP contribution is -1.96. The molecule has 94 valence electrons. The van der Waals surface area contributed by atoms with Crippen molar-refractivity contribution >= 4 is 37.8 Å². The van der Waals surface area contributed by atoms with Gasteiger partial charge >= 0.3 is 5.97 Å². The summed E-state index contributed by atoms with van der Waals surface area (Å²) in [5, 5.41) is 8.72. The van der Waals surface area contributed by atoms with Gasteiger partial charge in [-0.3, -0.25) is 0 Å². The quantitative estimate of drug-likeness (QED) is 0.874. The summed E-state index contributed by atoms with van der Waals surface area (Å²) in [5.41, 5.74) is 0. The Morgan fingerprint density at radius 3 is 2.44 bits per heavy atom. The van der Waals surface area contributed by atoms with Crippen molar-refractivity contribution in [3.63, 3.8) is 0 Å². The Morgan fingerprint density at radius 2 is 1.89 bits per heavy atom. The maximum Gasteiger partial charge on any atom is 0.371 e. The second-order valence-electron chi connectivity index (χ2n) is 3.41. The number of benzene rings is 1. The molecule has 6 heteroatoms. The molecule has 4 nitrogen and oxygen atoms in total. The molecule has 2 aromatic rings. The number of hydrogen-bond acceptors (Lipinski definition) is 3. The van der Waals surface area contributed by atoms with Crippen LogP contribution in [-0.4, -0.2) is 11.1 Å². The molecule has 1 N–H and O–H groups in total. The fourth-order valence-electron chi connectivity index (χ4n) is 1.33. The largest absolute Gasteiger partial charge is 0.483 e. The lowest BCUT2D eigenvalue weighted by molar-refractivity contribution is 0.0658. The highest BCUT2D eigenvalue weighted by atomic mass is 79.9. The van der Waals surface area contributed by atoms with Crippen molar-refractivity contribution in [2.24, 2.45) is 0 Å². The minimum Gasteiger partial charge on any atom is -0.483 e. The van der Waals surface area contributed by atoms with Crippen molar-refractivity contribution < 1.29 is 19.1 Å². The summed E-state index contributed by atoms with van der Waals surface area (Å²) in [4.78, 5) is 10.6. The van der Waals surface area contributed by atoms with Gasteiger partial charge < -0.3 is 14.3 Å². The van der Waals surface area contributed by atoms with E-state index in [4.69, 9.17) is 14.3 Å². The molecule has 0 atom stereocenters. The van der Waals surface area contributed by atoms with E-state index in [0.717, 1.165) is 8.95 Å². The van der Waals surface area contributed by atoms with Crippen LogP contribution in [0.4, 0.5) is 0 Å². The molecule has 0 fully saturated rings. The zero-order valence-corrected chi connectivity index (χ0v) is 12.2. The fourth-order valence-corrected chi connectivity index (χ4v) is 2.56. The van der Waals surface area contributed by atoms with Crippen molar-refractivity contribution in [2.75, 3.05) is 0 Å². The third kappa shape index (κ3) is 2.94. The molecule has 1 aromatic carbocycles. The third-order valence-corrected chi connectivity index (χ3v) is 3.40. The molecular weight excluding hydrogens is 368 g/mol. The smallest absolute Gasteiger partial charge is 0.371 e. The van der Waals surface area contributed by atoms with E-state index in [9.17, 15) is 4.79 Å². The molecule has 0 aliphatic rings. The van der Waals surface area contributed by atoms with Crippen molar-refractivity contribution in [1.82, 2.24) is 0 Å². The number of carboxylic acid groups (broad SMARTS) is 1. The highest BCUT2D eigenvalue weighted by molar-refractivity contribution is 9.11. The van der Waals surface area contributed by atoms with E-state index in [1.807, 2.05) is 18.2 Å². The summed E-state index contributed by atoms with van der Waals surface area (Å²) in [6.45, 7) is 0.161. The van der Waals surface area contributed by atoms with Gasteiger partial charge in [-0.2, -0.15) is 0 Å². The second-order valence-corrected chi connectivity index (χ2v) is 5.12. The zero-order valence-electron chi connectivity index (χ0n) is 9.02. The maximum absolute atomic E-state index is 10.6. The van der Waals surface area contributed by atoms with E-state index in [2.05, 4.69) is 31.9 Å². The second kappa shape index (κ2) is 5.58.